The van der Waals surface area contributed by atoms with Gasteiger partial charge in [0.25, 0.3) is 10.0 Å². The number of hydrogen-bond acceptors (Lipinski definition) is 3. The van der Waals surface area contributed by atoms with E-state index in [-0.39, 0.29) is 0 Å². The number of benzene rings is 1. The number of nitrogens with zero attached hydrogens (tertiary/aromatic N) is 1. The highest BCUT2D eigenvalue weighted by Crippen LogP contribution is 2.35. The van der Waals surface area contributed by atoms with Crippen LogP contribution in [0, 0.1) is 6.92 Å². The quantitative estimate of drug-likeness (QED) is 0.793. The van der Waals surface area contributed by atoms with E-state index in [4.69, 9.17) is 11.6 Å². The van der Waals surface area contributed by atoms with E-state index in [0.29, 0.717) is 16.6 Å². The third-order valence-corrected chi connectivity index (χ3v) is 7.66. The van der Waals surface area contributed by atoms with Gasteiger partial charge in [0.05, 0.1) is 11.6 Å². The Bertz CT molecular complexity index is 768. The first-order valence-corrected chi connectivity index (χ1v) is 9.59. The van der Waals surface area contributed by atoms with Crippen LogP contribution in [0.4, 0.5) is 5.69 Å². The Morgan fingerprint density at radius 1 is 1.33 bits per heavy atom. The molecule has 1 aliphatic rings. The van der Waals surface area contributed by atoms with E-state index in [1.165, 1.54) is 15.6 Å². The summed E-state index contributed by atoms with van der Waals surface area (Å²) in [4.78, 5) is 0.917. The molecule has 2 aromatic rings. The molecule has 0 atom stereocenters. The number of fused-ring (bicyclic) bond motifs is 1. The molecule has 1 aliphatic heterocycles. The van der Waals surface area contributed by atoms with Crippen LogP contribution in [-0.2, 0) is 22.3 Å². The lowest BCUT2D eigenvalue weighted by molar-refractivity contribution is 0.588. The average Bonchev–Trinajstić information content (AvgIpc) is 2.88. The molecule has 2 heterocycles. The monoisotopic (exact) mass is 341 g/mol. The lowest BCUT2D eigenvalue weighted by Crippen LogP contribution is -2.35. The molecular weight excluding hydrogens is 326 g/mol. The minimum Gasteiger partial charge on any atom is -0.265 e. The van der Waals surface area contributed by atoms with E-state index >= 15 is 0 Å². The summed E-state index contributed by atoms with van der Waals surface area (Å²) in [6.07, 6.45) is 1.78. The zero-order valence-electron chi connectivity index (χ0n) is 11.7. The van der Waals surface area contributed by atoms with E-state index in [0.717, 1.165) is 34.5 Å². The second kappa shape index (κ2) is 5.63. The predicted octanol–water partition coefficient (Wildman–Crippen LogP) is 3.94. The minimum absolute atomic E-state index is 0.350. The topological polar surface area (TPSA) is 37.4 Å². The molecule has 0 amide bonds. The molecule has 21 heavy (non-hydrogen) atoms. The fourth-order valence-electron chi connectivity index (χ4n) is 2.61. The molecule has 0 bridgehead atoms. The fourth-order valence-corrected chi connectivity index (χ4v) is 6.08. The second-order valence-corrected chi connectivity index (χ2v) is 8.61. The van der Waals surface area contributed by atoms with Crippen LogP contribution in [0.3, 0.4) is 0 Å². The molecule has 0 saturated heterocycles. The molecule has 3 rings (SSSR count). The molecule has 112 valence electrons. The van der Waals surface area contributed by atoms with Gasteiger partial charge in [-0.2, -0.15) is 0 Å². The summed E-state index contributed by atoms with van der Waals surface area (Å²) in [5.41, 5.74) is 2.85. The van der Waals surface area contributed by atoms with Gasteiger partial charge in [-0.25, -0.2) is 8.42 Å². The van der Waals surface area contributed by atoms with Crippen molar-refractivity contribution < 1.29 is 8.42 Å². The summed E-state index contributed by atoms with van der Waals surface area (Å²) in [5, 5.41) is 0. The van der Waals surface area contributed by atoms with Crippen LogP contribution in [0.2, 0.25) is 0 Å². The number of sulfonamides is 1. The van der Waals surface area contributed by atoms with Crippen LogP contribution in [0.15, 0.2) is 34.5 Å². The Hall–Kier alpha value is -1.04. The normalized spacial score (nSPS) is 15.0. The predicted molar refractivity (Wildman–Crippen MR) is 87.9 cm³/mol. The van der Waals surface area contributed by atoms with Crippen molar-refractivity contribution in [1.82, 2.24) is 0 Å². The Morgan fingerprint density at radius 2 is 2.10 bits per heavy atom. The summed E-state index contributed by atoms with van der Waals surface area (Å²) in [7, 11) is -3.49. The van der Waals surface area contributed by atoms with E-state index < -0.39 is 10.0 Å². The molecule has 0 spiro atoms. The number of aryl methyl sites for hydroxylation is 2. The van der Waals surface area contributed by atoms with Gasteiger partial charge in [-0.15, -0.1) is 22.9 Å². The van der Waals surface area contributed by atoms with Gasteiger partial charge in [0.1, 0.15) is 4.21 Å². The number of halogens is 1. The number of alkyl halides is 1. The zero-order valence-corrected chi connectivity index (χ0v) is 14.1. The number of rotatable bonds is 3. The Morgan fingerprint density at radius 3 is 2.81 bits per heavy atom. The molecule has 1 aromatic heterocycles. The highest BCUT2D eigenvalue weighted by atomic mass is 35.5. The second-order valence-electron chi connectivity index (χ2n) is 5.11. The summed E-state index contributed by atoms with van der Waals surface area (Å²) in [5.74, 6) is 0.350. The zero-order chi connectivity index (χ0) is 15.0. The summed E-state index contributed by atoms with van der Waals surface area (Å²) in [6, 6.07) is 9.46. The number of thiophene rings is 1. The molecule has 0 unspecified atom stereocenters. The smallest absolute Gasteiger partial charge is 0.265 e. The van der Waals surface area contributed by atoms with Crippen molar-refractivity contribution in [3.63, 3.8) is 0 Å². The van der Waals surface area contributed by atoms with Crippen LogP contribution in [0.1, 0.15) is 22.4 Å². The van der Waals surface area contributed by atoms with Crippen molar-refractivity contribution in [1.29, 1.82) is 0 Å². The third-order valence-electron chi connectivity index (χ3n) is 3.73. The molecule has 0 saturated carbocycles. The first-order valence-electron chi connectivity index (χ1n) is 6.80. The third kappa shape index (κ3) is 2.58. The fraction of sp³-hybridized carbons (Fsp3) is 0.333. The van der Waals surface area contributed by atoms with E-state index in [1.807, 2.05) is 31.2 Å². The van der Waals surface area contributed by atoms with Crippen molar-refractivity contribution >= 4 is 38.6 Å². The van der Waals surface area contributed by atoms with Gasteiger partial charge < -0.3 is 0 Å². The molecule has 0 N–H and O–H groups in total. The molecule has 0 fully saturated rings. The van der Waals surface area contributed by atoms with Gasteiger partial charge >= 0.3 is 0 Å². The van der Waals surface area contributed by atoms with Crippen molar-refractivity contribution in [3.05, 3.63) is 46.3 Å². The van der Waals surface area contributed by atoms with Crippen LogP contribution < -0.4 is 4.31 Å². The van der Waals surface area contributed by atoms with Crippen molar-refractivity contribution in [2.24, 2.45) is 0 Å². The number of hydrogen-bond donors (Lipinski definition) is 0. The van der Waals surface area contributed by atoms with Gasteiger partial charge in [0.2, 0.25) is 0 Å². The van der Waals surface area contributed by atoms with Crippen molar-refractivity contribution in [3.8, 4) is 0 Å². The van der Waals surface area contributed by atoms with Gasteiger partial charge in [-0.05, 0) is 43.0 Å². The Labute approximate surface area is 134 Å². The lowest BCUT2D eigenvalue weighted by Gasteiger charge is -2.29. The average molecular weight is 342 g/mol. The minimum atomic E-state index is -3.49. The van der Waals surface area contributed by atoms with Crippen molar-refractivity contribution in [2.75, 3.05) is 10.8 Å². The van der Waals surface area contributed by atoms with Gasteiger partial charge in [0, 0.05) is 11.4 Å². The standard InChI is InChI=1S/C15H16ClNO2S2/c1-11-9-15(20-14(11)10-16)21(18,19)17-8-4-6-12-5-2-3-7-13(12)17/h2-3,5,7,9H,4,6,8,10H2,1H3. The summed E-state index contributed by atoms with van der Waals surface area (Å²) < 4.78 is 27.8. The SMILES string of the molecule is Cc1cc(S(=O)(=O)N2CCCc3ccccc32)sc1CCl. The maximum atomic E-state index is 12.9. The van der Waals surface area contributed by atoms with Gasteiger partial charge in [-0.1, -0.05) is 18.2 Å². The van der Waals surface area contributed by atoms with Crippen molar-refractivity contribution in [2.45, 2.75) is 29.9 Å². The van der Waals surface area contributed by atoms with E-state index in [1.54, 1.807) is 6.07 Å². The molecule has 0 aliphatic carbocycles. The van der Waals surface area contributed by atoms with Crippen LogP contribution in [0.25, 0.3) is 0 Å². The highest BCUT2D eigenvalue weighted by molar-refractivity contribution is 7.94. The van der Waals surface area contributed by atoms with Crippen LogP contribution in [-0.4, -0.2) is 15.0 Å². The first-order chi connectivity index (χ1) is 10.0. The van der Waals surface area contributed by atoms with E-state index in [2.05, 4.69) is 0 Å². The summed E-state index contributed by atoms with van der Waals surface area (Å²) in [6.45, 7) is 2.43. The molecular formula is C15H16ClNO2S2. The summed E-state index contributed by atoms with van der Waals surface area (Å²) >= 11 is 7.14. The molecule has 1 aromatic carbocycles. The van der Waals surface area contributed by atoms with Gasteiger partial charge in [-0.3, -0.25) is 4.31 Å². The number of anilines is 1. The first kappa shape index (κ1) is 14.9. The van der Waals surface area contributed by atoms with Crippen LogP contribution in [0.5, 0.6) is 0 Å². The van der Waals surface area contributed by atoms with Gasteiger partial charge in [0.15, 0.2) is 0 Å². The van der Waals surface area contributed by atoms with Crippen LogP contribution >= 0.6 is 22.9 Å². The number of para-hydroxylation sites is 1. The maximum Gasteiger partial charge on any atom is 0.273 e. The Kier molecular flexibility index (Phi) is 3.99. The highest BCUT2D eigenvalue weighted by Gasteiger charge is 2.30. The Balaban J connectivity index is 2.07. The lowest BCUT2D eigenvalue weighted by atomic mass is 10.0. The molecule has 0 radical (unpaired) electrons. The largest absolute Gasteiger partial charge is 0.273 e. The molecule has 6 heteroatoms. The van der Waals surface area contributed by atoms with E-state index in [9.17, 15) is 8.42 Å². The maximum absolute atomic E-state index is 12.9. The molecule has 3 nitrogen and oxygen atoms in total.